The van der Waals surface area contributed by atoms with Gasteiger partial charge in [-0.15, -0.1) is 0 Å². The molecule has 0 aromatic carbocycles. The predicted octanol–water partition coefficient (Wildman–Crippen LogP) is 1.02. The molecule has 0 spiro atoms. The molecule has 0 aliphatic heterocycles. The molecule has 70 valence electrons. The van der Waals surface area contributed by atoms with Crippen molar-refractivity contribution in [1.82, 2.24) is 10.6 Å². The summed E-state index contributed by atoms with van der Waals surface area (Å²) in [5.41, 5.74) is 0. The van der Waals surface area contributed by atoms with Gasteiger partial charge in [0.15, 0.2) is 0 Å². The highest BCUT2D eigenvalue weighted by Crippen LogP contribution is 1.80. The third kappa shape index (κ3) is 7.12. The summed E-state index contributed by atoms with van der Waals surface area (Å²) in [4.78, 5) is 11.0. The van der Waals surface area contributed by atoms with Crippen molar-refractivity contribution in [3.8, 4) is 0 Å². The molecule has 3 heteroatoms. The lowest BCUT2D eigenvalue weighted by Gasteiger charge is -2.05. The fourth-order valence-electron chi connectivity index (χ4n) is 0.649. The van der Waals surface area contributed by atoms with E-state index in [-0.39, 0.29) is 11.9 Å². The Morgan fingerprint density at radius 3 is 2.17 bits per heavy atom. The van der Waals surface area contributed by atoms with E-state index in [2.05, 4.69) is 10.6 Å². The van der Waals surface area contributed by atoms with Crippen LogP contribution in [0.5, 0.6) is 0 Å². The fraction of sp³-hybridized carbons (Fsp3) is 0.667. The second-order valence-corrected chi connectivity index (χ2v) is 3.32. The summed E-state index contributed by atoms with van der Waals surface area (Å²) < 4.78 is 0. The maximum Gasteiger partial charge on any atom is 0.245 e. The second-order valence-electron chi connectivity index (χ2n) is 3.32. The van der Waals surface area contributed by atoms with Crippen molar-refractivity contribution in [2.45, 2.75) is 39.8 Å². The van der Waals surface area contributed by atoms with Crippen LogP contribution in [-0.2, 0) is 4.79 Å². The summed E-state index contributed by atoms with van der Waals surface area (Å²) in [6, 6.07) is 0.564. The first-order valence-corrected chi connectivity index (χ1v) is 4.25. The molecule has 0 unspecified atom stereocenters. The van der Waals surface area contributed by atoms with E-state index < -0.39 is 0 Å². The number of hydrogen-bond donors (Lipinski definition) is 2. The highest BCUT2D eigenvalue weighted by atomic mass is 16.1. The van der Waals surface area contributed by atoms with Crippen LogP contribution in [0.15, 0.2) is 12.3 Å². The minimum Gasteiger partial charge on any atom is -0.389 e. The Balaban J connectivity index is 3.61. The minimum atomic E-state index is -0.0573. The summed E-state index contributed by atoms with van der Waals surface area (Å²) >= 11 is 0. The van der Waals surface area contributed by atoms with Crippen LogP contribution in [0.3, 0.4) is 0 Å². The average molecular weight is 170 g/mol. The highest BCUT2D eigenvalue weighted by molar-refractivity contribution is 5.87. The molecule has 3 nitrogen and oxygen atoms in total. The molecule has 0 saturated carbocycles. The molecule has 1 amide bonds. The lowest BCUT2D eigenvalue weighted by molar-refractivity contribution is -0.116. The van der Waals surface area contributed by atoms with Crippen molar-refractivity contribution in [3.63, 3.8) is 0 Å². The van der Waals surface area contributed by atoms with Gasteiger partial charge < -0.3 is 10.6 Å². The van der Waals surface area contributed by atoms with Gasteiger partial charge in [-0.2, -0.15) is 0 Å². The summed E-state index contributed by atoms with van der Waals surface area (Å²) in [5.74, 6) is -0.0573. The van der Waals surface area contributed by atoms with Gasteiger partial charge in [-0.1, -0.05) is 0 Å². The van der Waals surface area contributed by atoms with Crippen LogP contribution in [0.2, 0.25) is 0 Å². The molecule has 0 saturated heterocycles. The zero-order chi connectivity index (χ0) is 9.56. The Hall–Kier alpha value is -0.990. The van der Waals surface area contributed by atoms with Gasteiger partial charge in [0.25, 0.3) is 0 Å². The third-order valence-electron chi connectivity index (χ3n) is 1.10. The molecule has 0 rings (SSSR count). The van der Waals surface area contributed by atoms with Crippen molar-refractivity contribution >= 4 is 5.91 Å². The van der Waals surface area contributed by atoms with Crippen molar-refractivity contribution in [2.75, 3.05) is 0 Å². The maximum absolute atomic E-state index is 11.0. The first kappa shape index (κ1) is 11.0. The molecule has 0 aromatic rings. The van der Waals surface area contributed by atoms with Crippen LogP contribution in [0.1, 0.15) is 27.7 Å². The van der Waals surface area contributed by atoms with E-state index in [1.807, 2.05) is 27.7 Å². The smallest absolute Gasteiger partial charge is 0.245 e. The Kier molecular flexibility index (Phi) is 5.17. The van der Waals surface area contributed by atoms with Crippen molar-refractivity contribution in [3.05, 3.63) is 12.3 Å². The Morgan fingerprint density at radius 2 is 1.75 bits per heavy atom. The van der Waals surface area contributed by atoms with E-state index in [1.165, 1.54) is 6.08 Å². The SMILES string of the molecule is CC(C)NC=CC(=O)NC(C)C. The van der Waals surface area contributed by atoms with Crippen LogP contribution >= 0.6 is 0 Å². The molecule has 12 heavy (non-hydrogen) atoms. The third-order valence-corrected chi connectivity index (χ3v) is 1.10. The topological polar surface area (TPSA) is 41.1 Å². The molecule has 0 fully saturated rings. The van der Waals surface area contributed by atoms with Crippen molar-refractivity contribution in [1.29, 1.82) is 0 Å². The summed E-state index contributed by atoms with van der Waals surface area (Å²) in [6.07, 6.45) is 3.17. The van der Waals surface area contributed by atoms with Gasteiger partial charge in [-0.05, 0) is 27.7 Å². The van der Waals surface area contributed by atoms with Gasteiger partial charge in [0.05, 0.1) is 0 Å². The lowest BCUT2D eigenvalue weighted by Crippen LogP contribution is -2.29. The van der Waals surface area contributed by atoms with Crippen LogP contribution in [0, 0.1) is 0 Å². The number of hydrogen-bond acceptors (Lipinski definition) is 2. The zero-order valence-electron chi connectivity index (χ0n) is 8.22. The molecule has 2 N–H and O–H groups in total. The van der Waals surface area contributed by atoms with Gasteiger partial charge >= 0.3 is 0 Å². The fourth-order valence-corrected chi connectivity index (χ4v) is 0.649. The van der Waals surface area contributed by atoms with Gasteiger partial charge in [0.2, 0.25) is 5.91 Å². The van der Waals surface area contributed by atoms with E-state index in [1.54, 1.807) is 6.20 Å². The van der Waals surface area contributed by atoms with Crippen molar-refractivity contribution in [2.24, 2.45) is 0 Å². The van der Waals surface area contributed by atoms with Gasteiger partial charge in [-0.25, -0.2) is 0 Å². The minimum absolute atomic E-state index is 0.0573. The number of carbonyl (C=O) groups is 1. The normalized spacial score (nSPS) is 11.2. The van der Waals surface area contributed by atoms with E-state index in [4.69, 9.17) is 0 Å². The number of amides is 1. The van der Waals surface area contributed by atoms with E-state index in [0.717, 1.165) is 0 Å². The van der Waals surface area contributed by atoms with E-state index >= 15 is 0 Å². The maximum atomic E-state index is 11.0. The Labute approximate surface area is 74.2 Å². The molecule has 0 radical (unpaired) electrons. The Morgan fingerprint density at radius 1 is 1.17 bits per heavy atom. The van der Waals surface area contributed by atoms with Crippen molar-refractivity contribution < 1.29 is 4.79 Å². The number of carbonyl (C=O) groups excluding carboxylic acids is 1. The van der Waals surface area contributed by atoms with Crippen LogP contribution < -0.4 is 10.6 Å². The molecule has 0 bridgehead atoms. The zero-order valence-corrected chi connectivity index (χ0v) is 8.22. The lowest BCUT2D eigenvalue weighted by atomic mass is 10.4. The predicted molar refractivity (Wildman–Crippen MR) is 50.7 cm³/mol. The monoisotopic (exact) mass is 170 g/mol. The van der Waals surface area contributed by atoms with Gasteiger partial charge in [0, 0.05) is 24.4 Å². The standard InChI is InChI=1S/C9H18N2O/c1-7(2)10-6-5-9(12)11-8(3)4/h5-8,10H,1-4H3,(H,11,12). The van der Waals surface area contributed by atoms with Gasteiger partial charge in [0.1, 0.15) is 0 Å². The largest absolute Gasteiger partial charge is 0.389 e. The Bertz CT molecular complexity index is 162. The second kappa shape index (κ2) is 5.63. The quantitative estimate of drug-likeness (QED) is 0.618. The molecule has 0 aliphatic rings. The number of nitrogens with one attached hydrogen (secondary N) is 2. The van der Waals surface area contributed by atoms with E-state index in [9.17, 15) is 4.79 Å². The molecular formula is C9H18N2O. The molecule has 0 aromatic heterocycles. The highest BCUT2D eigenvalue weighted by Gasteiger charge is 1.96. The summed E-state index contributed by atoms with van der Waals surface area (Å²) in [5, 5.41) is 5.76. The van der Waals surface area contributed by atoms with Crippen LogP contribution in [0.4, 0.5) is 0 Å². The molecule has 0 heterocycles. The number of rotatable bonds is 4. The summed E-state index contributed by atoms with van der Waals surface area (Å²) in [7, 11) is 0. The van der Waals surface area contributed by atoms with E-state index in [0.29, 0.717) is 6.04 Å². The average Bonchev–Trinajstić information content (AvgIpc) is 1.84. The summed E-state index contributed by atoms with van der Waals surface area (Å²) in [6.45, 7) is 7.90. The molecule has 0 atom stereocenters. The first-order valence-electron chi connectivity index (χ1n) is 4.25. The first-order chi connectivity index (χ1) is 5.52. The van der Waals surface area contributed by atoms with Crippen LogP contribution in [0.25, 0.3) is 0 Å². The van der Waals surface area contributed by atoms with Gasteiger partial charge in [-0.3, -0.25) is 4.79 Å². The van der Waals surface area contributed by atoms with Crippen LogP contribution in [-0.4, -0.2) is 18.0 Å². The molecular weight excluding hydrogens is 152 g/mol. The molecule has 0 aliphatic carbocycles.